The fourth-order valence-electron chi connectivity index (χ4n) is 2.53. The van der Waals surface area contributed by atoms with Crippen molar-refractivity contribution in [3.8, 4) is 0 Å². The van der Waals surface area contributed by atoms with E-state index in [0.717, 1.165) is 12.8 Å². The van der Waals surface area contributed by atoms with E-state index < -0.39 is 0 Å². The minimum absolute atomic E-state index is 0.110. The first-order valence-electron chi connectivity index (χ1n) is 6.46. The molecule has 5 heteroatoms. The smallest absolute Gasteiger partial charge is 0.320 e. The number of ether oxygens (including phenoxy) is 1. The maximum absolute atomic E-state index is 12.3. The van der Waals surface area contributed by atoms with Gasteiger partial charge in [0.15, 0.2) is 0 Å². The Morgan fingerprint density at radius 2 is 2.06 bits per heavy atom. The predicted octanol–water partition coefficient (Wildman–Crippen LogP) is 0.531. The number of morpholine rings is 1. The number of nitrogens with zero attached hydrogens (tertiary/aromatic N) is 2. The zero-order valence-electron chi connectivity index (χ0n) is 10.5. The maximum atomic E-state index is 12.3. The van der Waals surface area contributed by atoms with Crippen LogP contribution in [0, 0.1) is 5.92 Å². The molecule has 2 aliphatic heterocycles. The first-order chi connectivity index (χ1) is 8.22. The standard InChI is InChI=1S/C12H22N2O3/c1-10-2-3-11(9-15)8-14(10)12(16)13-4-6-17-7-5-13/h10-11,15H,2-9H2,1H3. The fraction of sp³-hybridized carbons (Fsp3) is 0.917. The summed E-state index contributed by atoms with van der Waals surface area (Å²) in [5.74, 6) is 0.246. The molecule has 2 atom stereocenters. The van der Waals surface area contributed by atoms with E-state index in [-0.39, 0.29) is 24.6 Å². The second-order valence-electron chi connectivity index (χ2n) is 5.01. The lowest BCUT2D eigenvalue weighted by atomic mass is 9.94. The fourth-order valence-corrected chi connectivity index (χ4v) is 2.53. The molecule has 0 radical (unpaired) electrons. The predicted molar refractivity (Wildman–Crippen MR) is 63.8 cm³/mol. The summed E-state index contributed by atoms with van der Waals surface area (Å²) in [6, 6.07) is 0.395. The van der Waals surface area contributed by atoms with Crippen LogP contribution in [-0.2, 0) is 4.74 Å². The van der Waals surface area contributed by atoms with Crippen molar-refractivity contribution >= 4 is 6.03 Å². The minimum Gasteiger partial charge on any atom is -0.396 e. The summed E-state index contributed by atoms with van der Waals surface area (Å²) in [7, 11) is 0. The summed E-state index contributed by atoms with van der Waals surface area (Å²) in [5, 5.41) is 9.22. The minimum atomic E-state index is 0.110. The highest BCUT2D eigenvalue weighted by atomic mass is 16.5. The third-order valence-corrected chi connectivity index (χ3v) is 3.77. The molecular weight excluding hydrogens is 220 g/mol. The second-order valence-corrected chi connectivity index (χ2v) is 5.01. The number of urea groups is 1. The average Bonchev–Trinajstić information content (AvgIpc) is 2.39. The number of hydrogen-bond donors (Lipinski definition) is 1. The Morgan fingerprint density at radius 3 is 2.71 bits per heavy atom. The van der Waals surface area contributed by atoms with E-state index >= 15 is 0 Å². The summed E-state index contributed by atoms with van der Waals surface area (Å²) in [4.78, 5) is 16.1. The lowest BCUT2D eigenvalue weighted by Crippen LogP contribution is -2.54. The van der Waals surface area contributed by atoms with E-state index in [1.165, 1.54) is 0 Å². The van der Waals surface area contributed by atoms with Crippen LogP contribution in [0.1, 0.15) is 19.8 Å². The van der Waals surface area contributed by atoms with Crippen LogP contribution < -0.4 is 0 Å². The molecule has 2 saturated heterocycles. The van der Waals surface area contributed by atoms with Gasteiger partial charge in [0, 0.05) is 32.3 Å². The van der Waals surface area contributed by atoms with E-state index in [1.807, 2.05) is 9.80 Å². The van der Waals surface area contributed by atoms with Gasteiger partial charge in [-0.05, 0) is 25.7 Å². The van der Waals surface area contributed by atoms with Gasteiger partial charge in [-0.1, -0.05) is 0 Å². The summed E-state index contributed by atoms with van der Waals surface area (Å²) in [5.41, 5.74) is 0. The average molecular weight is 242 g/mol. The Bertz CT molecular complexity index is 266. The van der Waals surface area contributed by atoms with Crippen molar-refractivity contribution in [3.05, 3.63) is 0 Å². The van der Waals surface area contributed by atoms with Gasteiger partial charge in [0.1, 0.15) is 0 Å². The van der Waals surface area contributed by atoms with Crippen molar-refractivity contribution in [2.24, 2.45) is 5.92 Å². The van der Waals surface area contributed by atoms with Crippen LogP contribution in [0.15, 0.2) is 0 Å². The summed E-state index contributed by atoms with van der Waals surface area (Å²) < 4.78 is 5.25. The Labute approximate surface area is 102 Å². The zero-order valence-corrected chi connectivity index (χ0v) is 10.5. The van der Waals surface area contributed by atoms with Crippen molar-refractivity contribution in [3.63, 3.8) is 0 Å². The Morgan fingerprint density at radius 1 is 1.35 bits per heavy atom. The van der Waals surface area contributed by atoms with Gasteiger partial charge >= 0.3 is 6.03 Å². The van der Waals surface area contributed by atoms with Crippen LogP contribution in [0.5, 0.6) is 0 Å². The quantitative estimate of drug-likeness (QED) is 0.730. The van der Waals surface area contributed by atoms with Crippen molar-refractivity contribution in [1.29, 1.82) is 0 Å². The molecule has 0 aromatic heterocycles. The highest BCUT2D eigenvalue weighted by Gasteiger charge is 2.31. The van der Waals surface area contributed by atoms with Gasteiger partial charge in [0.2, 0.25) is 0 Å². The number of aliphatic hydroxyl groups excluding tert-OH is 1. The molecule has 0 spiro atoms. The van der Waals surface area contributed by atoms with Crippen molar-refractivity contribution in [2.45, 2.75) is 25.8 Å². The van der Waals surface area contributed by atoms with Gasteiger partial charge in [-0.15, -0.1) is 0 Å². The maximum Gasteiger partial charge on any atom is 0.320 e. The van der Waals surface area contributed by atoms with E-state index in [1.54, 1.807) is 0 Å². The molecule has 0 aromatic carbocycles. The molecule has 5 nitrogen and oxygen atoms in total. The molecule has 2 rings (SSSR count). The molecule has 2 unspecified atom stereocenters. The Balaban J connectivity index is 1.95. The monoisotopic (exact) mass is 242 g/mol. The normalized spacial score (nSPS) is 30.5. The molecular formula is C12H22N2O3. The number of likely N-dealkylation sites (tertiary alicyclic amines) is 1. The molecule has 17 heavy (non-hydrogen) atoms. The van der Waals surface area contributed by atoms with Gasteiger partial charge < -0.3 is 19.6 Å². The molecule has 98 valence electrons. The molecule has 2 heterocycles. The molecule has 2 fully saturated rings. The summed E-state index contributed by atoms with van der Waals surface area (Å²) in [6.45, 7) is 5.60. The SMILES string of the molecule is CC1CCC(CO)CN1C(=O)N1CCOCC1. The van der Waals surface area contributed by atoms with Crippen LogP contribution >= 0.6 is 0 Å². The van der Waals surface area contributed by atoms with Crippen LogP contribution in [0.3, 0.4) is 0 Å². The van der Waals surface area contributed by atoms with Crippen LogP contribution in [0.2, 0.25) is 0 Å². The molecule has 0 aliphatic carbocycles. The highest BCUT2D eigenvalue weighted by Crippen LogP contribution is 2.22. The number of rotatable bonds is 1. The van der Waals surface area contributed by atoms with Gasteiger partial charge in [0.05, 0.1) is 13.2 Å². The number of aliphatic hydroxyl groups is 1. The third kappa shape index (κ3) is 2.90. The molecule has 1 N–H and O–H groups in total. The highest BCUT2D eigenvalue weighted by molar-refractivity contribution is 5.75. The molecule has 2 amide bonds. The van der Waals surface area contributed by atoms with Crippen molar-refractivity contribution in [1.82, 2.24) is 9.80 Å². The zero-order chi connectivity index (χ0) is 12.3. The molecule has 0 aromatic rings. The lowest BCUT2D eigenvalue weighted by molar-refractivity contribution is 0.0290. The number of piperidine rings is 1. The van der Waals surface area contributed by atoms with Crippen LogP contribution in [0.4, 0.5) is 4.79 Å². The number of carbonyl (C=O) groups is 1. The third-order valence-electron chi connectivity index (χ3n) is 3.77. The molecule has 0 saturated carbocycles. The van der Waals surface area contributed by atoms with E-state index in [0.29, 0.717) is 32.8 Å². The van der Waals surface area contributed by atoms with Crippen molar-refractivity contribution < 1.29 is 14.6 Å². The first kappa shape index (κ1) is 12.6. The van der Waals surface area contributed by atoms with E-state index in [4.69, 9.17) is 4.74 Å². The lowest BCUT2D eigenvalue weighted by Gasteiger charge is -2.41. The Hall–Kier alpha value is -0.810. The number of amides is 2. The van der Waals surface area contributed by atoms with Gasteiger partial charge in [-0.3, -0.25) is 0 Å². The topological polar surface area (TPSA) is 53.0 Å². The number of hydrogen-bond acceptors (Lipinski definition) is 3. The van der Waals surface area contributed by atoms with E-state index in [9.17, 15) is 9.90 Å². The second kappa shape index (κ2) is 5.69. The molecule has 2 aliphatic rings. The van der Waals surface area contributed by atoms with Crippen LogP contribution in [0.25, 0.3) is 0 Å². The van der Waals surface area contributed by atoms with Crippen molar-refractivity contribution in [2.75, 3.05) is 39.5 Å². The number of carbonyl (C=O) groups excluding carboxylic acids is 1. The molecule has 0 bridgehead atoms. The first-order valence-corrected chi connectivity index (χ1v) is 6.46. The summed E-state index contributed by atoms with van der Waals surface area (Å²) in [6.07, 6.45) is 2.01. The summed E-state index contributed by atoms with van der Waals surface area (Å²) >= 11 is 0. The Kier molecular flexibility index (Phi) is 4.23. The van der Waals surface area contributed by atoms with Gasteiger partial charge in [-0.25, -0.2) is 4.79 Å². The van der Waals surface area contributed by atoms with Crippen LogP contribution in [-0.4, -0.2) is 66.4 Å². The van der Waals surface area contributed by atoms with E-state index in [2.05, 4.69) is 6.92 Å². The van der Waals surface area contributed by atoms with Gasteiger partial charge in [-0.2, -0.15) is 0 Å². The largest absolute Gasteiger partial charge is 0.396 e. The van der Waals surface area contributed by atoms with Gasteiger partial charge in [0.25, 0.3) is 0 Å².